The van der Waals surface area contributed by atoms with Crippen LogP contribution in [0.15, 0.2) is 18.2 Å². The molecule has 0 spiro atoms. The molecule has 2 fully saturated rings. The summed E-state index contributed by atoms with van der Waals surface area (Å²) >= 11 is 0. The van der Waals surface area contributed by atoms with Crippen LogP contribution < -0.4 is 4.74 Å². The van der Waals surface area contributed by atoms with E-state index in [0.717, 1.165) is 37.9 Å². The van der Waals surface area contributed by atoms with E-state index in [9.17, 15) is 14.4 Å². The SMILES string of the molecule is COC(=O)CC(=O)[C@]1(OC(C)=O)CC[C@H]2[C@@H]3CCc4cc(OC)ccc4[C@H]3CC[C@@]21C. The molecular weight excluding hydrogens is 396 g/mol. The second-order valence-corrected chi connectivity index (χ2v) is 9.57. The van der Waals surface area contributed by atoms with Gasteiger partial charge < -0.3 is 14.2 Å². The standard InChI is InChI=1S/C25H32O6/c1-15(26)31-25(22(27)14-23(28)30-4)12-10-21-20-7-5-16-13-17(29-3)6-8-18(16)19(20)9-11-24(21,25)2/h6,8,13,19-21H,5,7,9-12,14H2,1-4H3/t19-,20-,21+,24+,25-/m1/s1. The quantitative estimate of drug-likeness (QED) is 0.521. The summed E-state index contributed by atoms with van der Waals surface area (Å²) < 4.78 is 16.0. The Hall–Kier alpha value is -2.37. The van der Waals surface area contributed by atoms with Gasteiger partial charge in [0.05, 0.1) is 14.2 Å². The van der Waals surface area contributed by atoms with E-state index in [4.69, 9.17) is 14.2 Å². The van der Waals surface area contributed by atoms with Gasteiger partial charge >= 0.3 is 11.9 Å². The van der Waals surface area contributed by atoms with E-state index in [-0.39, 0.29) is 18.1 Å². The van der Waals surface area contributed by atoms with E-state index in [1.54, 1.807) is 7.11 Å². The zero-order valence-corrected chi connectivity index (χ0v) is 18.9. The van der Waals surface area contributed by atoms with E-state index in [2.05, 4.69) is 19.1 Å². The number of carbonyl (C=O) groups is 3. The molecule has 6 heteroatoms. The number of fused-ring (bicyclic) bond motifs is 5. The first-order valence-electron chi connectivity index (χ1n) is 11.2. The number of Topliss-reactive ketones (excluding diaryl/α,β-unsaturated/α-hetero) is 1. The van der Waals surface area contributed by atoms with Crippen molar-refractivity contribution in [2.24, 2.45) is 17.3 Å². The minimum absolute atomic E-state index is 0.266. The van der Waals surface area contributed by atoms with Crippen LogP contribution >= 0.6 is 0 Å². The van der Waals surface area contributed by atoms with Crippen LogP contribution in [0, 0.1) is 17.3 Å². The van der Waals surface area contributed by atoms with Crippen molar-refractivity contribution in [3.8, 4) is 5.75 Å². The Morgan fingerprint density at radius 1 is 1.10 bits per heavy atom. The third kappa shape index (κ3) is 3.35. The van der Waals surface area contributed by atoms with Crippen LogP contribution in [0.2, 0.25) is 0 Å². The number of ether oxygens (including phenoxy) is 3. The van der Waals surface area contributed by atoms with E-state index >= 15 is 0 Å². The molecule has 0 heterocycles. The number of hydrogen-bond acceptors (Lipinski definition) is 6. The summed E-state index contributed by atoms with van der Waals surface area (Å²) in [7, 11) is 2.96. The number of methoxy groups -OCH3 is 2. The second kappa shape index (κ2) is 7.95. The van der Waals surface area contributed by atoms with Gasteiger partial charge in [-0.2, -0.15) is 0 Å². The van der Waals surface area contributed by atoms with Crippen LogP contribution in [-0.2, 0) is 30.3 Å². The Labute approximate surface area is 183 Å². The van der Waals surface area contributed by atoms with E-state index in [0.29, 0.717) is 18.3 Å². The van der Waals surface area contributed by atoms with E-state index in [1.807, 2.05) is 6.07 Å². The number of esters is 2. The Kier molecular flexibility index (Phi) is 5.61. The smallest absolute Gasteiger partial charge is 0.313 e. The summed E-state index contributed by atoms with van der Waals surface area (Å²) in [5.74, 6) is 0.656. The molecule has 3 aliphatic rings. The lowest BCUT2D eigenvalue weighted by molar-refractivity contribution is -0.186. The summed E-state index contributed by atoms with van der Waals surface area (Å²) in [5, 5.41) is 0. The van der Waals surface area contributed by atoms with Gasteiger partial charge in [-0.1, -0.05) is 13.0 Å². The number of benzene rings is 1. The fraction of sp³-hybridized carbons (Fsp3) is 0.640. The monoisotopic (exact) mass is 428 g/mol. The topological polar surface area (TPSA) is 78.9 Å². The summed E-state index contributed by atoms with van der Waals surface area (Å²) in [6, 6.07) is 6.38. The first-order chi connectivity index (χ1) is 14.8. The van der Waals surface area contributed by atoms with Crippen LogP contribution in [0.3, 0.4) is 0 Å². The third-order valence-electron chi connectivity index (χ3n) is 8.35. The molecule has 0 bridgehead atoms. The largest absolute Gasteiger partial charge is 0.497 e. The highest BCUT2D eigenvalue weighted by atomic mass is 16.6. The molecule has 168 valence electrons. The van der Waals surface area contributed by atoms with Gasteiger partial charge in [-0.3, -0.25) is 14.4 Å². The summed E-state index contributed by atoms with van der Waals surface area (Å²) in [5.41, 5.74) is 1.03. The normalized spacial score (nSPS) is 33.5. The highest BCUT2D eigenvalue weighted by molar-refractivity contribution is 6.02. The predicted octanol–water partition coefficient (Wildman–Crippen LogP) is 3.99. The number of rotatable bonds is 5. The molecule has 6 nitrogen and oxygen atoms in total. The van der Waals surface area contributed by atoms with Crippen molar-refractivity contribution in [1.29, 1.82) is 0 Å². The predicted molar refractivity (Wildman–Crippen MR) is 114 cm³/mol. The third-order valence-corrected chi connectivity index (χ3v) is 8.35. The number of carbonyl (C=O) groups excluding carboxylic acids is 3. The summed E-state index contributed by atoms with van der Waals surface area (Å²) in [6.45, 7) is 3.45. The molecule has 3 aliphatic carbocycles. The molecular formula is C25H32O6. The fourth-order valence-corrected chi connectivity index (χ4v) is 6.96. The van der Waals surface area contributed by atoms with Crippen LogP contribution in [0.25, 0.3) is 0 Å². The molecule has 0 saturated heterocycles. The molecule has 0 radical (unpaired) electrons. The van der Waals surface area contributed by atoms with E-state index in [1.165, 1.54) is 25.2 Å². The average molecular weight is 429 g/mol. The Balaban J connectivity index is 1.68. The number of hydrogen-bond donors (Lipinski definition) is 0. The summed E-state index contributed by atoms with van der Waals surface area (Å²) in [4.78, 5) is 37.4. The van der Waals surface area contributed by atoms with Crippen LogP contribution in [0.1, 0.15) is 69.4 Å². The molecule has 5 atom stereocenters. The maximum Gasteiger partial charge on any atom is 0.313 e. The lowest BCUT2D eigenvalue weighted by Crippen LogP contribution is -2.57. The minimum atomic E-state index is -1.25. The van der Waals surface area contributed by atoms with Crippen molar-refractivity contribution in [3.05, 3.63) is 29.3 Å². The van der Waals surface area contributed by atoms with Gasteiger partial charge in [0.1, 0.15) is 12.2 Å². The van der Waals surface area contributed by atoms with Crippen LogP contribution in [-0.4, -0.2) is 37.5 Å². The maximum atomic E-state index is 13.4. The van der Waals surface area contributed by atoms with Gasteiger partial charge in [0, 0.05) is 12.3 Å². The molecule has 31 heavy (non-hydrogen) atoms. The Bertz CT molecular complexity index is 907. The lowest BCUT2D eigenvalue weighted by Gasteiger charge is -2.53. The Morgan fingerprint density at radius 3 is 2.55 bits per heavy atom. The summed E-state index contributed by atoms with van der Waals surface area (Å²) in [6.07, 6.45) is 4.69. The van der Waals surface area contributed by atoms with E-state index < -0.39 is 23.0 Å². The van der Waals surface area contributed by atoms with Crippen molar-refractivity contribution in [3.63, 3.8) is 0 Å². The van der Waals surface area contributed by atoms with Crippen molar-refractivity contribution in [2.45, 2.75) is 70.3 Å². The highest BCUT2D eigenvalue weighted by Crippen LogP contribution is 2.65. The molecule has 2 saturated carbocycles. The molecule has 1 aromatic rings. The molecule has 0 unspecified atom stereocenters. The maximum absolute atomic E-state index is 13.4. The molecule has 0 aromatic heterocycles. The van der Waals surface area contributed by atoms with Gasteiger partial charge in [-0.05, 0) is 79.5 Å². The number of aryl methyl sites for hydroxylation is 1. The average Bonchev–Trinajstić information content (AvgIpc) is 3.05. The van der Waals surface area contributed by atoms with Crippen LogP contribution in [0.4, 0.5) is 0 Å². The van der Waals surface area contributed by atoms with Gasteiger partial charge in [0.2, 0.25) is 0 Å². The molecule has 4 rings (SSSR count). The van der Waals surface area contributed by atoms with Gasteiger partial charge in [-0.25, -0.2) is 0 Å². The zero-order valence-electron chi connectivity index (χ0n) is 18.9. The van der Waals surface area contributed by atoms with Crippen molar-refractivity contribution in [1.82, 2.24) is 0 Å². The number of ketones is 1. The molecule has 0 aliphatic heterocycles. The molecule has 1 aromatic carbocycles. The first kappa shape index (κ1) is 21.8. The van der Waals surface area contributed by atoms with Crippen molar-refractivity contribution < 1.29 is 28.6 Å². The van der Waals surface area contributed by atoms with Crippen molar-refractivity contribution in [2.75, 3.05) is 14.2 Å². The molecule has 0 N–H and O–H groups in total. The minimum Gasteiger partial charge on any atom is -0.497 e. The zero-order chi connectivity index (χ0) is 22.4. The van der Waals surface area contributed by atoms with Gasteiger partial charge in [0.15, 0.2) is 11.4 Å². The Morgan fingerprint density at radius 2 is 1.87 bits per heavy atom. The second-order valence-electron chi connectivity index (χ2n) is 9.57. The van der Waals surface area contributed by atoms with Gasteiger partial charge in [0.25, 0.3) is 0 Å². The lowest BCUT2D eigenvalue weighted by atomic mass is 9.52. The first-order valence-corrected chi connectivity index (χ1v) is 11.2. The van der Waals surface area contributed by atoms with Crippen LogP contribution in [0.5, 0.6) is 5.75 Å². The van der Waals surface area contributed by atoms with Gasteiger partial charge in [-0.15, -0.1) is 0 Å². The highest BCUT2D eigenvalue weighted by Gasteiger charge is 2.67. The molecule has 0 amide bonds. The fourth-order valence-electron chi connectivity index (χ4n) is 6.96. The van der Waals surface area contributed by atoms with Crippen molar-refractivity contribution >= 4 is 17.7 Å².